The van der Waals surface area contributed by atoms with Gasteiger partial charge in [-0.2, -0.15) is 0 Å². The second-order valence-electron chi connectivity index (χ2n) is 4.30. The van der Waals surface area contributed by atoms with Crippen molar-refractivity contribution < 1.29 is 8.42 Å². The van der Waals surface area contributed by atoms with Gasteiger partial charge in [-0.3, -0.25) is 9.52 Å². The number of pyridine rings is 1. The average molecular weight is 306 g/mol. The van der Waals surface area contributed by atoms with Crippen molar-refractivity contribution in [1.82, 2.24) is 15.0 Å². The van der Waals surface area contributed by atoms with Crippen LogP contribution in [0.5, 0.6) is 0 Å². The SMILES string of the molecule is O=c1[nH]c2ccc(S(=O)(=O)Nc3ccc[nH]c3=O)cc2[nH]1. The van der Waals surface area contributed by atoms with Crippen LogP contribution < -0.4 is 16.0 Å². The molecule has 108 valence electrons. The van der Waals surface area contributed by atoms with Crippen LogP contribution in [0, 0.1) is 0 Å². The third-order valence-electron chi connectivity index (χ3n) is 2.86. The van der Waals surface area contributed by atoms with E-state index in [2.05, 4.69) is 19.7 Å². The maximum absolute atomic E-state index is 12.2. The lowest BCUT2D eigenvalue weighted by Crippen LogP contribution is -2.19. The smallest absolute Gasteiger partial charge is 0.323 e. The monoisotopic (exact) mass is 306 g/mol. The average Bonchev–Trinajstić information content (AvgIpc) is 2.80. The Morgan fingerprint density at radius 2 is 1.76 bits per heavy atom. The zero-order valence-electron chi connectivity index (χ0n) is 10.5. The minimum Gasteiger partial charge on any atom is -0.327 e. The van der Waals surface area contributed by atoms with Crippen LogP contribution >= 0.6 is 0 Å². The van der Waals surface area contributed by atoms with Crippen LogP contribution in [0.3, 0.4) is 0 Å². The predicted octanol–water partition coefficient (Wildman–Crippen LogP) is 0.345. The first kappa shape index (κ1) is 13.2. The number of benzene rings is 1. The zero-order chi connectivity index (χ0) is 15.0. The van der Waals surface area contributed by atoms with E-state index in [0.29, 0.717) is 11.0 Å². The Bertz CT molecular complexity index is 1030. The van der Waals surface area contributed by atoms with E-state index in [-0.39, 0.29) is 10.6 Å². The fraction of sp³-hybridized carbons (Fsp3) is 0. The molecule has 8 nitrogen and oxygen atoms in total. The number of aromatic nitrogens is 3. The van der Waals surface area contributed by atoms with Gasteiger partial charge >= 0.3 is 5.69 Å². The van der Waals surface area contributed by atoms with E-state index in [1.807, 2.05) is 0 Å². The van der Waals surface area contributed by atoms with Crippen LogP contribution in [-0.2, 0) is 10.0 Å². The number of hydrogen-bond donors (Lipinski definition) is 4. The van der Waals surface area contributed by atoms with Crippen LogP contribution in [0.15, 0.2) is 51.0 Å². The molecule has 9 heteroatoms. The van der Waals surface area contributed by atoms with E-state index in [9.17, 15) is 18.0 Å². The molecular weight excluding hydrogens is 296 g/mol. The summed E-state index contributed by atoms with van der Waals surface area (Å²) < 4.78 is 26.7. The molecule has 0 bridgehead atoms. The molecule has 0 aliphatic heterocycles. The number of imidazole rings is 1. The molecule has 0 saturated heterocycles. The third-order valence-corrected chi connectivity index (χ3v) is 4.22. The van der Waals surface area contributed by atoms with Gasteiger partial charge in [-0.1, -0.05) is 0 Å². The van der Waals surface area contributed by atoms with Crippen LogP contribution in [0.4, 0.5) is 5.69 Å². The number of nitrogens with one attached hydrogen (secondary N) is 4. The number of fused-ring (bicyclic) bond motifs is 1. The minimum absolute atomic E-state index is 0.0616. The number of anilines is 1. The standard InChI is InChI=1S/C12H10N4O4S/c17-11-9(2-1-5-13-11)16-21(19,20)7-3-4-8-10(6-7)15-12(18)14-8/h1-6,16H,(H,13,17)(H2,14,15,18). The Morgan fingerprint density at radius 1 is 1.00 bits per heavy atom. The first-order valence-corrected chi connectivity index (χ1v) is 7.37. The van der Waals surface area contributed by atoms with E-state index in [1.165, 1.54) is 36.5 Å². The molecule has 0 radical (unpaired) electrons. The van der Waals surface area contributed by atoms with E-state index in [1.54, 1.807) is 0 Å². The largest absolute Gasteiger partial charge is 0.327 e. The summed E-state index contributed by atoms with van der Waals surface area (Å²) >= 11 is 0. The molecule has 3 aromatic rings. The van der Waals surface area contributed by atoms with Crippen molar-refractivity contribution in [3.8, 4) is 0 Å². The summed E-state index contributed by atoms with van der Waals surface area (Å²) in [5, 5.41) is 0. The first-order chi connectivity index (χ1) is 9.95. The Kier molecular flexibility index (Phi) is 2.91. The normalized spacial score (nSPS) is 11.6. The van der Waals surface area contributed by atoms with Crippen LogP contribution in [0.2, 0.25) is 0 Å². The predicted molar refractivity (Wildman–Crippen MR) is 76.8 cm³/mol. The number of aromatic amines is 3. The van der Waals surface area contributed by atoms with Gasteiger partial charge in [0, 0.05) is 6.20 Å². The fourth-order valence-electron chi connectivity index (χ4n) is 1.88. The summed E-state index contributed by atoms with van der Waals surface area (Å²) in [6, 6.07) is 6.98. The lowest BCUT2D eigenvalue weighted by Gasteiger charge is -2.07. The summed E-state index contributed by atoms with van der Waals surface area (Å²) in [7, 11) is -3.92. The van der Waals surface area contributed by atoms with E-state index in [4.69, 9.17) is 0 Å². The van der Waals surface area contributed by atoms with Crippen LogP contribution in [0.25, 0.3) is 11.0 Å². The summed E-state index contributed by atoms with van der Waals surface area (Å²) in [4.78, 5) is 30.0. The number of hydrogen-bond acceptors (Lipinski definition) is 4. The highest BCUT2D eigenvalue weighted by Gasteiger charge is 2.16. The minimum atomic E-state index is -3.92. The lowest BCUT2D eigenvalue weighted by molar-refractivity contribution is 0.601. The van der Waals surface area contributed by atoms with Gasteiger partial charge in [0.1, 0.15) is 5.69 Å². The van der Waals surface area contributed by atoms with Gasteiger partial charge in [0.15, 0.2) is 0 Å². The van der Waals surface area contributed by atoms with Crippen molar-refractivity contribution in [2.24, 2.45) is 0 Å². The summed E-state index contributed by atoms with van der Waals surface area (Å²) in [5.74, 6) is 0. The van der Waals surface area contributed by atoms with Gasteiger partial charge in [-0.05, 0) is 30.3 Å². The van der Waals surface area contributed by atoms with E-state index < -0.39 is 21.3 Å². The molecule has 4 N–H and O–H groups in total. The first-order valence-electron chi connectivity index (χ1n) is 5.88. The highest BCUT2D eigenvalue weighted by Crippen LogP contribution is 2.17. The van der Waals surface area contributed by atoms with Gasteiger partial charge in [0.25, 0.3) is 15.6 Å². The molecule has 0 unspecified atom stereocenters. The fourth-order valence-corrected chi connectivity index (χ4v) is 2.97. The molecule has 0 amide bonds. The number of H-pyrrole nitrogens is 3. The maximum Gasteiger partial charge on any atom is 0.323 e. The molecule has 3 rings (SSSR count). The second kappa shape index (κ2) is 4.63. The molecule has 21 heavy (non-hydrogen) atoms. The molecular formula is C12H10N4O4S. The van der Waals surface area contributed by atoms with Crippen LogP contribution in [-0.4, -0.2) is 23.4 Å². The Balaban J connectivity index is 2.05. The van der Waals surface area contributed by atoms with Crippen molar-refractivity contribution >= 4 is 26.7 Å². The Labute approximate surface area is 117 Å². The molecule has 0 spiro atoms. The molecule has 1 aromatic carbocycles. The molecule has 0 atom stereocenters. The maximum atomic E-state index is 12.2. The third kappa shape index (κ3) is 2.46. The van der Waals surface area contributed by atoms with Crippen molar-refractivity contribution in [2.45, 2.75) is 4.90 Å². The van der Waals surface area contributed by atoms with Gasteiger partial charge in [0.2, 0.25) is 0 Å². The summed E-state index contributed by atoms with van der Waals surface area (Å²) in [5.41, 5.74) is -0.189. The van der Waals surface area contributed by atoms with Gasteiger partial charge in [-0.15, -0.1) is 0 Å². The van der Waals surface area contributed by atoms with Crippen molar-refractivity contribution in [2.75, 3.05) is 4.72 Å². The molecule has 2 aromatic heterocycles. The zero-order valence-corrected chi connectivity index (χ0v) is 11.3. The quantitative estimate of drug-likeness (QED) is 0.556. The number of sulfonamides is 1. The van der Waals surface area contributed by atoms with E-state index >= 15 is 0 Å². The van der Waals surface area contributed by atoms with Crippen molar-refractivity contribution in [1.29, 1.82) is 0 Å². The highest BCUT2D eigenvalue weighted by molar-refractivity contribution is 7.92. The van der Waals surface area contributed by atoms with Crippen molar-refractivity contribution in [3.63, 3.8) is 0 Å². The Morgan fingerprint density at radius 3 is 2.52 bits per heavy atom. The molecule has 0 saturated carbocycles. The second-order valence-corrected chi connectivity index (χ2v) is 5.99. The van der Waals surface area contributed by atoms with Crippen molar-refractivity contribution in [3.05, 3.63) is 57.4 Å². The summed E-state index contributed by atoms with van der Waals surface area (Å²) in [6.07, 6.45) is 1.40. The van der Waals surface area contributed by atoms with Gasteiger partial charge in [-0.25, -0.2) is 13.2 Å². The van der Waals surface area contributed by atoms with Gasteiger partial charge in [0.05, 0.1) is 15.9 Å². The Hall–Kier alpha value is -2.81. The van der Waals surface area contributed by atoms with E-state index in [0.717, 1.165) is 0 Å². The molecule has 0 aliphatic rings. The van der Waals surface area contributed by atoms with Gasteiger partial charge < -0.3 is 15.0 Å². The molecule has 2 heterocycles. The van der Waals surface area contributed by atoms with Crippen LogP contribution in [0.1, 0.15) is 0 Å². The summed E-state index contributed by atoms with van der Waals surface area (Å²) in [6.45, 7) is 0. The molecule has 0 aliphatic carbocycles. The lowest BCUT2D eigenvalue weighted by atomic mass is 10.3. The molecule has 0 fully saturated rings. The highest BCUT2D eigenvalue weighted by atomic mass is 32.2. The topological polar surface area (TPSA) is 128 Å². The number of rotatable bonds is 3.